The van der Waals surface area contributed by atoms with Crippen molar-refractivity contribution in [3.8, 4) is 5.75 Å². The molecule has 0 saturated carbocycles. The van der Waals surface area contributed by atoms with E-state index in [4.69, 9.17) is 16.3 Å². The average Bonchev–Trinajstić information content (AvgIpc) is 2.55. The summed E-state index contributed by atoms with van der Waals surface area (Å²) < 4.78 is 5.13. The summed E-state index contributed by atoms with van der Waals surface area (Å²) in [5, 5.41) is 0. The van der Waals surface area contributed by atoms with Gasteiger partial charge in [-0.25, -0.2) is 0 Å². The molecule has 0 aliphatic carbocycles. The Hall–Kier alpha value is -1.45. The molecule has 0 saturated heterocycles. The number of benzene rings is 2. The van der Waals surface area contributed by atoms with Crippen LogP contribution in [0.1, 0.15) is 21.5 Å². The first kappa shape index (κ1) is 15.9. The van der Waals surface area contributed by atoms with Gasteiger partial charge >= 0.3 is 0 Å². The summed E-state index contributed by atoms with van der Waals surface area (Å²) in [6.45, 7) is 0. The number of hydrogen-bond donors (Lipinski definition) is 0. The Morgan fingerprint density at radius 3 is 2.52 bits per heavy atom. The molecule has 2 aromatic carbocycles. The lowest BCUT2D eigenvalue weighted by Crippen LogP contribution is -2.03. The highest BCUT2D eigenvalue weighted by Crippen LogP contribution is 2.18. The fourth-order valence-corrected chi connectivity index (χ4v) is 2.93. The van der Waals surface area contributed by atoms with Crippen molar-refractivity contribution in [3.63, 3.8) is 0 Å². The highest BCUT2D eigenvalue weighted by atomic mass is 35.5. The van der Waals surface area contributed by atoms with E-state index in [1.54, 1.807) is 24.9 Å². The van der Waals surface area contributed by atoms with E-state index >= 15 is 0 Å². The summed E-state index contributed by atoms with van der Waals surface area (Å²) in [6, 6.07) is 15.4. The largest absolute Gasteiger partial charge is 0.497 e. The van der Waals surface area contributed by atoms with Crippen molar-refractivity contribution < 1.29 is 9.53 Å². The highest BCUT2D eigenvalue weighted by molar-refractivity contribution is 7.99. The van der Waals surface area contributed by atoms with E-state index in [0.717, 1.165) is 11.3 Å². The molecule has 0 unspecified atom stereocenters. The predicted octanol–water partition coefficient (Wildman–Crippen LogP) is 4.55. The maximum atomic E-state index is 12.1. The second-order valence-corrected chi connectivity index (χ2v) is 5.85. The number of thioether (sulfide) groups is 1. The Morgan fingerprint density at radius 1 is 1.14 bits per heavy atom. The Labute approximate surface area is 134 Å². The van der Waals surface area contributed by atoms with Gasteiger partial charge < -0.3 is 4.74 Å². The Balaban J connectivity index is 1.85. The van der Waals surface area contributed by atoms with Crippen LogP contribution < -0.4 is 4.74 Å². The lowest BCUT2D eigenvalue weighted by Gasteiger charge is -2.05. The Kier molecular flexibility index (Phi) is 6.15. The van der Waals surface area contributed by atoms with Crippen LogP contribution in [-0.4, -0.2) is 18.6 Å². The molecule has 21 heavy (non-hydrogen) atoms. The molecule has 2 aromatic rings. The van der Waals surface area contributed by atoms with Gasteiger partial charge in [-0.3, -0.25) is 4.79 Å². The summed E-state index contributed by atoms with van der Waals surface area (Å²) in [4.78, 5) is 12.1. The molecule has 4 heteroatoms. The molecule has 0 heterocycles. The third-order valence-electron chi connectivity index (χ3n) is 3.07. The van der Waals surface area contributed by atoms with Gasteiger partial charge in [0, 0.05) is 17.2 Å². The van der Waals surface area contributed by atoms with Crippen molar-refractivity contribution >= 4 is 29.1 Å². The first-order valence-electron chi connectivity index (χ1n) is 6.61. The minimum Gasteiger partial charge on any atom is -0.497 e. The zero-order valence-corrected chi connectivity index (χ0v) is 13.4. The predicted molar refractivity (Wildman–Crippen MR) is 89.5 cm³/mol. The van der Waals surface area contributed by atoms with Gasteiger partial charge in [-0.15, -0.1) is 23.4 Å². The van der Waals surface area contributed by atoms with Crippen LogP contribution in [0.4, 0.5) is 0 Å². The number of carbonyl (C=O) groups excluding carboxylic acids is 1. The number of Topliss-reactive ketones (excluding diaryl/α,β-unsaturated/α-hetero) is 1. The lowest BCUT2D eigenvalue weighted by atomic mass is 10.1. The smallest absolute Gasteiger partial charge is 0.172 e. The SMILES string of the molecule is COc1cccc(C(=O)CSCc2ccc(CCl)cc2)c1. The molecule has 0 N–H and O–H groups in total. The third-order valence-corrected chi connectivity index (χ3v) is 4.38. The van der Waals surface area contributed by atoms with E-state index in [1.165, 1.54) is 5.56 Å². The molecule has 0 amide bonds. The number of hydrogen-bond acceptors (Lipinski definition) is 3. The van der Waals surface area contributed by atoms with Gasteiger partial charge in [0.25, 0.3) is 0 Å². The van der Waals surface area contributed by atoms with E-state index in [0.29, 0.717) is 22.9 Å². The molecule has 0 spiro atoms. The first-order valence-corrected chi connectivity index (χ1v) is 8.30. The number of halogens is 1. The van der Waals surface area contributed by atoms with Crippen molar-refractivity contribution in [3.05, 3.63) is 65.2 Å². The lowest BCUT2D eigenvalue weighted by molar-refractivity contribution is 0.102. The van der Waals surface area contributed by atoms with E-state index in [1.807, 2.05) is 30.3 Å². The number of carbonyl (C=O) groups is 1. The van der Waals surface area contributed by atoms with Crippen LogP contribution in [0.2, 0.25) is 0 Å². The molecule has 2 rings (SSSR count). The van der Waals surface area contributed by atoms with E-state index in [-0.39, 0.29) is 5.78 Å². The van der Waals surface area contributed by atoms with Crippen LogP contribution in [-0.2, 0) is 11.6 Å². The van der Waals surface area contributed by atoms with Crippen molar-refractivity contribution in [2.45, 2.75) is 11.6 Å². The zero-order chi connectivity index (χ0) is 15.1. The average molecular weight is 321 g/mol. The molecule has 110 valence electrons. The van der Waals surface area contributed by atoms with Gasteiger partial charge in [-0.1, -0.05) is 36.4 Å². The van der Waals surface area contributed by atoms with Crippen LogP contribution in [0.15, 0.2) is 48.5 Å². The molecule has 0 aromatic heterocycles. The maximum absolute atomic E-state index is 12.1. The molecule has 0 aliphatic heterocycles. The summed E-state index contributed by atoms with van der Waals surface area (Å²) in [5.74, 6) is 2.64. The Morgan fingerprint density at radius 2 is 1.86 bits per heavy atom. The first-order chi connectivity index (χ1) is 10.2. The van der Waals surface area contributed by atoms with E-state index in [2.05, 4.69) is 12.1 Å². The summed E-state index contributed by atoms with van der Waals surface area (Å²) in [6.07, 6.45) is 0. The molecule has 2 nitrogen and oxygen atoms in total. The minimum absolute atomic E-state index is 0.122. The summed E-state index contributed by atoms with van der Waals surface area (Å²) in [5.41, 5.74) is 3.00. The van der Waals surface area contributed by atoms with Gasteiger partial charge in [0.2, 0.25) is 0 Å². The number of methoxy groups -OCH3 is 1. The van der Waals surface area contributed by atoms with E-state index in [9.17, 15) is 4.79 Å². The molecule has 0 aliphatic rings. The van der Waals surface area contributed by atoms with Crippen LogP contribution >= 0.6 is 23.4 Å². The van der Waals surface area contributed by atoms with Crippen molar-refractivity contribution in [2.24, 2.45) is 0 Å². The molecule has 0 radical (unpaired) electrons. The van der Waals surface area contributed by atoms with Crippen LogP contribution in [0, 0.1) is 0 Å². The third kappa shape index (κ3) is 4.80. The monoisotopic (exact) mass is 320 g/mol. The molecular formula is C17H17ClO2S. The molecule has 0 bridgehead atoms. The van der Waals surface area contributed by atoms with Crippen LogP contribution in [0.5, 0.6) is 5.75 Å². The molecule has 0 fully saturated rings. The second-order valence-electron chi connectivity index (χ2n) is 4.60. The van der Waals surface area contributed by atoms with Crippen LogP contribution in [0.25, 0.3) is 0 Å². The number of ketones is 1. The molecule has 0 atom stereocenters. The highest BCUT2D eigenvalue weighted by Gasteiger charge is 2.07. The summed E-state index contributed by atoms with van der Waals surface area (Å²) >= 11 is 7.37. The van der Waals surface area contributed by atoms with Crippen molar-refractivity contribution in [1.82, 2.24) is 0 Å². The fourth-order valence-electron chi connectivity index (χ4n) is 1.87. The van der Waals surface area contributed by atoms with Gasteiger partial charge in [0.1, 0.15) is 5.75 Å². The number of ether oxygens (including phenoxy) is 1. The van der Waals surface area contributed by atoms with E-state index < -0.39 is 0 Å². The van der Waals surface area contributed by atoms with Gasteiger partial charge in [-0.05, 0) is 23.3 Å². The van der Waals surface area contributed by atoms with Gasteiger partial charge in [-0.2, -0.15) is 0 Å². The standard InChI is InChI=1S/C17H17ClO2S/c1-20-16-4-2-3-15(9-16)17(19)12-21-11-14-7-5-13(10-18)6-8-14/h2-9H,10-12H2,1H3. The normalized spacial score (nSPS) is 10.4. The topological polar surface area (TPSA) is 26.3 Å². The van der Waals surface area contributed by atoms with Crippen molar-refractivity contribution in [2.75, 3.05) is 12.9 Å². The molecular weight excluding hydrogens is 304 g/mol. The van der Waals surface area contributed by atoms with Crippen LogP contribution in [0.3, 0.4) is 0 Å². The minimum atomic E-state index is 0.122. The van der Waals surface area contributed by atoms with Crippen molar-refractivity contribution in [1.29, 1.82) is 0 Å². The number of alkyl halides is 1. The fraction of sp³-hybridized carbons (Fsp3) is 0.235. The maximum Gasteiger partial charge on any atom is 0.172 e. The zero-order valence-electron chi connectivity index (χ0n) is 11.8. The van der Waals surface area contributed by atoms with Gasteiger partial charge in [0.15, 0.2) is 5.78 Å². The Bertz CT molecular complexity index is 596. The number of rotatable bonds is 7. The summed E-state index contributed by atoms with van der Waals surface area (Å²) in [7, 11) is 1.60. The second kappa shape index (κ2) is 8.11. The quantitative estimate of drug-likeness (QED) is 0.553. The van der Waals surface area contributed by atoms with Gasteiger partial charge in [0.05, 0.1) is 12.9 Å².